The molecular weight excluding hydrogens is 328 g/mol. The quantitative estimate of drug-likeness (QED) is 0.751. The largest absolute Gasteiger partial charge is 0.361 e. The molecule has 1 aromatic carbocycles. The molecule has 0 unspecified atom stereocenters. The predicted octanol–water partition coefficient (Wildman–Crippen LogP) is 1.89. The van der Waals surface area contributed by atoms with Crippen molar-refractivity contribution in [2.45, 2.75) is 6.42 Å². The number of H-pyrrole nitrogens is 1. The molecule has 26 heavy (non-hydrogen) atoms. The van der Waals surface area contributed by atoms with E-state index < -0.39 is 0 Å². The number of piperazine rings is 1. The number of fused-ring (bicyclic) bond motifs is 1. The van der Waals surface area contributed by atoms with E-state index in [1.54, 1.807) is 12.4 Å². The van der Waals surface area contributed by atoms with Crippen molar-refractivity contribution in [3.05, 3.63) is 48.4 Å². The van der Waals surface area contributed by atoms with E-state index >= 15 is 0 Å². The molecule has 4 rings (SSSR count). The van der Waals surface area contributed by atoms with Gasteiger partial charge in [-0.15, -0.1) is 0 Å². The molecule has 7 nitrogen and oxygen atoms in total. The van der Waals surface area contributed by atoms with Gasteiger partial charge in [-0.1, -0.05) is 18.2 Å². The summed E-state index contributed by atoms with van der Waals surface area (Å²) in [5.41, 5.74) is 2.64. The summed E-state index contributed by atoms with van der Waals surface area (Å²) in [6.45, 7) is 3.85. The van der Waals surface area contributed by atoms with Gasteiger partial charge < -0.3 is 20.1 Å². The second kappa shape index (κ2) is 7.13. The second-order valence-electron chi connectivity index (χ2n) is 6.65. The molecule has 0 radical (unpaired) electrons. The van der Waals surface area contributed by atoms with Crippen LogP contribution in [0.4, 0.5) is 11.6 Å². The minimum absolute atomic E-state index is 0.0781. The highest BCUT2D eigenvalue weighted by molar-refractivity contribution is 5.95. The number of hydrogen-bond donors (Lipinski definition) is 2. The Labute approximate surface area is 152 Å². The first-order chi connectivity index (χ1) is 12.7. The average molecular weight is 350 g/mol. The Bertz CT molecular complexity index is 896. The number of rotatable bonds is 4. The van der Waals surface area contributed by atoms with Gasteiger partial charge >= 0.3 is 0 Å². The summed E-state index contributed by atoms with van der Waals surface area (Å²) in [7, 11) is 2.12. The summed E-state index contributed by atoms with van der Waals surface area (Å²) in [5, 5.41) is 3.95. The molecule has 1 fully saturated rings. The number of nitrogens with zero attached hydrogens (tertiary/aromatic N) is 4. The third-order valence-corrected chi connectivity index (χ3v) is 4.73. The zero-order chi connectivity index (χ0) is 17.9. The molecule has 3 heterocycles. The van der Waals surface area contributed by atoms with E-state index in [1.807, 2.05) is 30.5 Å². The first-order valence-electron chi connectivity index (χ1n) is 8.79. The Morgan fingerprint density at radius 3 is 2.65 bits per heavy atom. The molecular formula is C19H22N6O. The zero-order valence-electron chi connectivity index (χ0n) is 14.8. The van der Waals surface area contributed by atoms with Crippen LogP contribution in [0.15, 0.2) is 42.9 Å². The number of likely N-dealkylation sites (N-methyl/N-ethyl adjacent to an activating group) is 1. The molecule has 134 valence electrons. The van der Waals surface area contributed by atoms with E-state index in [0.29, 0.717) is 18.1 Å². The first kappa shape index (κ1) is 16.5. The van der Waals surface area contributed by atoms with Gasteiger partial charge in [0.05, 0.1) is 24.5 Å². The minimum atomic E-state index is -0.0781. The van der Waals surface area contributed by atoms with Crippen LogP contribution in [-0.2, 0) is 11.2 Å². The Balaban J connectivity index is 1.38. The van der Waals surface area contributed by atoms with Gasteiger partial charge in [-0.2, -0.15) is 0 Å². The van der Waals surface area contributed by atoms with Gasteiger partial charge in [-0.3, -0.25) is 4.79 Å². The van der Waals surface area contributed by atoms with Crippen molar-refractivity contribution in [1.29, 1.82) is 0 Å². The van der Waals surface area contributed by atoms with Crippen LogP contribution in [0.2, 0.25) is 0 Å². The van der Waals surface area contributed by atoms with Crippen LogP contribution in [0.5, 0.6) is 0 Å². The fourth-order valence-corrected chi connectivity index (χ4v) is 3.21. The standard InChI is InChI=1S/C19H22N6O/c1-24-6-8-25(9-7-24)19-21-12-15(13-22-19)23-18(26)10-14-11-20-17-5-3-2-4-16(14)17/h2-5,11-13,20H,6-10H2,1H3,(H,23,26). The highest BCUT2D eigenvalue weighted by atomic mass is 16.1. The number of carbonyl (C=O) groups is 1. The van der Waals surface area contributed by atoms with Crippen molar-refractivity contribution in [3.8, 4) is 0 Å². The third kappa shape index (κ3) is 3.52. The topological polar surface area (TPSA) is 77.1 Å². The van der Waals surface area contributed by atoms with Crippen LogP contribution in [0, 0.1) is 0 Å². The van der Waals surface area contributed by atoms with Gasteiger partial charge in [0.15, 0.2) is 0 Å². The Morgan fingerprint density at radius 2 is 1.88 bits per heavy atom. The van der Waals surface area contributed by atoms with Crippen molar-refractivity contribution in [1.82, 2.24) is 19.9 Å². The normalized spacial score (nSPS) is 15.3. The molecule has 1 aliphatic heterocycles. The van der Waals surface area contributed by atoms with Crippen molar-refractivity contribution in [2.75, 3.05) is 43.4 Å². The van der Waals surface area contributed by atoms with E-state index in [1.165, 1.54) is 0 Å². The molecule has 1 saturated heterocycles. The summed E-state index contributed by atoms with van der Waals surface area (Å²) in [4.78, 5) is 28.8. The SMILES string of the molecule is CN1CCN(c2ncc(NC(=O)Cc3c[nH]c4ccccc34)cn2)CC1. The average Bonchev–Trinajstić information content (AvgIpc) is 3.06. The van der Waals surface area contributed by atoms with Crippen LogP contribution in [0.3, 0.4) is 0 Å². The Morgan fingerprint density at radius 1 is 1.15 bits per heavy atom. The van der Waals surface area contributed by atoms with E-state index in [2.05, 4.69) is 37.1 Å². The molecule has 1 aliphatic rings. The molecule has 0 bridgehead atoms. The Hall–Kier alpha value is -2.93. The van der Waals surface area contributed by atoms with E-state index in [-0.39, 0.29) is 5.91 Å². The number of anilines is 2. The maximum absolute atomic E-state index is 12.3. The molecule has 7 heteroatoms. The van der Waals surface area contributed by atoms with Gasteiger partial charge in [0.2, 0.25) is 11.9 Å². The summed E-state index contributed by atoms with van der Waals surface area (Å²) in [6.07, 6.45) is 5.54. The van der Waals surface area contributed by atoms with Crippen molar-refractivity contribution in [2.24, 2.45) is 0 Å². The van der Waals surface area contributed by atoms with Crippen LogP contribution in [0.25, 0.3) is 10.9 Å². The monoisotopic (exact) mass is 350 g/mol. The fourth-order valence-electron chi connectivity index (χ4n) is 3.21. The van der Waals surface area contributed by atoms with Crippen LogP contribution in [0.1, 0.15) is 5.56 Å². The van der Waals surface area contributed by atoms with Crippen molar-refractivity contribution < 1.29 is 4.79 Å². The third-order valence-electron chi connectivity index (χ3n) is 4.73. The maximum atomic E-state index is 12.3. The number of aromatic amines is 1. The number of aromatic nitrogens is 3. The van der Waals surface area contributed by atoms with Crippen LogP contribution < -0.4 is 10.2 Å². The molecule has 0 spiro atoms. The summed E-state index contributed by atoms with van der Waals surface area (Å²) >= 11 is 0. The van der Waals surface area contributed by atoms with E-state index in [0.717, 1.165) is 42.6 Å². The van der Waals surface area contributed by atoms with Gasteiger partial charge in [0, 0.05) is 43.3 Å². The predicted molar refractivity (Wildman–Crippen MR) is 102 cm³/mol. The smallest absolute Gasteiger partial charge is 0.228 e. The summed E-state index contributed by atoms with van der Waals surface area (Å²) in [6, 6.07) is 7.97. The molecule has 2 N–H and O–H groups in total. The second-order valence-corrected chi connectivity index (χ2v) is 6.65. The van der Waals surface area contributed by atoms with Crippen LogP contribution in [-0.4, -0.2) is 59.0 Å². The van der Waals surface area contributed by atoms with E-state index in [4.69, 9.17) is 0 Å². The van der Waals surface area contributed by atoms with Crippen molar-refractivity contribution in [3.63, 3.8) is 0 Å². The van der Waals surface area contributed by atoms with Crippen molar-refractivity contribution >= 4 is 28.4 Å². The summed E-state index contributed by atoms with van der Waals surface area (Å²) in [5.74, 6) is 0.637. The minimum Gasteiger partial charge on any atom is -0.361 e. The molecule has 3 aromatic rings. The first-order valence-corrected chi connectivity index (χ1v) is 8.79. The van der Waals surface area contributed by atoms with Gasteiger partial charge in [0.25, 0.3) is 0 Å². The number of benzene rings is 1. The molecule has 1 amide bonds. The number of para-hydroxylation sites is 1. The zero-order valence-corrected chi connectivity index (χ0v) is 14.8. The van der Waals surface area contributed by atoms with Gasteiger partial charge in [-0.05, 0) is 18.7 Å². The fraction of sp³-hybridized carbons (Fsp3) is 0.316. The molecule has 0 atom stereocenters. The lowest BCUT2D eigenvalue weighted by Gasteiger charge is -2.32. The lowest BCUT2D eigenvalue weighted by atomic mass is 10.1. The Kier molecular flexibility index (Phi) is 4.53. The van der Waals surface area contributed by atoms with Gasteiger partial charge in [-0.25, -0.2) is 9.97 Å². The van der Waals surface area contributed by atoms with Crippen LogP contribution >= 0.6 is 0 Å². The highest BCUT2D eigenvalue weighted by Crippen LogP contribution is 2.19. The molecule has 0 saturated carbocycles. The lowest BCUT2D eigenvalue weighted by molar-refractivity contribution is -0.115. The highest BCUT2D eigenvalue weighted by Gasteiger charge is 2.16. The van der Waals surface area contributed by atoms with E-state index in [9.17, 15) is 4.79 Å². The lowest BCUT2D eigenvalue weighted by Crippen LogP contribution is -2.45. The molecule has 0 aliphatic carbocycles. The molecule has 2 aromatic heterocycles. The maximum Gasteiger partial charge on any atom is 0.228 e. The number of amides is 1. The summed E-state index contributed by atoms with van der Waals surface area (Å²) < 4.78 is 0. The number of carbonyl (C=O) groups excluding carboxylic acids is 1. The number of nitrogens with one attached hydrogen (secondary N) is 2. The van der Waals surface area contributed by atoms with Gasteiger partial charge in [0.1, 0.15) is 0 Å². The number of hydrogen-bond acceptors (Lipinski definition) is 5.